The minimum Gasteiger partial charge on any atom is -0.454 e. The number of anilines is 1. The normalized spacial score (nSPS) is 15.4. The first kappa shape index (κ1) is 25.1. The van der Waals surface area contributed by atoms with E-state index in [1.807, 2.05) is 50.2 Å². The van der Waals surface area contributed by atoms with Gasteiger partial charge < -0.3 is 19.7 Å². The summed E-state index contributed by atoms with van der Waals surface area (Å²) in [5.41, 5.74) is 2.36. The standard InChI is InChI=1S/C28H30N4O4S/c1-19-14-20(2)30-27(29-19)37-17-25(33)32(16-21-8-4-3-5-9-21)28(12-6-7-13-28)26(34)31-22-10-11-23-24(15-22)36-18-35-23/h3-5,8-11,14-15H,6-7,12-13,16-18H2,1-2H3,(H,31,34). The van der Waals surface area contributed by atoms with Crippen LogP contribution in [-0.2, 0) is 16.1 Å². The number of thioether (sulfide) groups is 1. The van der Waals surface area contributed by atoms with Crippen molar-refractivity contribution in [2.45, 2.75) is 56.8 Å². The molecule has 192 valence electrons. The Morgan fingerprint density at radius 1 is 0.973 bits per heavy atom. The number of ether oxygens (including phenoxy) is 2. The highest BCUT2D eigenvalue weighted by Gasteiger charge is 2.48. The van der Waals surface area contributed by atoms with E-state index >= 15 is 0 Å². The van der Waals surface area contributed by atoms with Gasteiger partial charge in [-0.3, -0.25) is 9.59 Å². The van der Waals surface area contributed by atoms with Gasteiger partial charge in [-0.15, -0.1) is 0 Å². The Morgan fingerprint density at radius 2 is 1.68 bits per heavy atom. The Morgan fingerprint density at radius 3 is 2.41 bits per heavy atom. The molecule has 1 N–H and O–H groups in total. The molecule has 0 spiro atoms. The number of rotatable bonds is 8. The van der Waals surface area contributed by atoms with Crippen molar-refractivity contribution in [1.82, 2.24) is 14.9 Å². The molecular formula is C28H30N4O4S. The molecule has 1 aromatic heterocycles. The summed E-state index contributed by atoms with van der Waals surface area (Å²) < 4.78 is 10.9. The first-order valence-electron chi connectivity index (χ1n) is 12.4. The minimum atomic E-state index is -0.951. The number of carbonyl (C=O) groups is 2. The number of nitrogens with zero attached hydrogens (tertiary/aromatic N) is 3. The van der Waals surface area contributed by atoms with E-state index in [9.17, 15) is 9.59 Å². The lowest BCUT2D eigenvalue weighted by atomic mass is 9.92. The number of aromatic nitrogens is 2. The average Bonchev–Trinajstić information content (AvgIpc) is 3.56. The van der Waals surface area contributed by atoms with Crippen molar-refractivity contribution >= 4 is 29.3 Å². The monoisotopic (exact) mass is 518 g/mol. The maximum Gasteiger partial charge on any atom is 0.250 e. The van der Waals surface area contributed by atoms with E-state index in [1.54, 1.807) is 23.1 Å². The Balaban J connectivity index is 1.41. The van der Waals surface area contributed by atoms with E-state index in [-0.39, 0.29) is 24.4 Å². The molecule has 5 rings (SSSR count). The van der Waals surface area contributed by atoms with Crippen LogP contribution in [0.1, 0.15) is 42.6 Å². The third-order valence-corrected chi connectivity index (χ3v) is 7.60. The average molecular weight is 519 g/mol. The SMILES string of the molecule is Cc1cc(C)nc(SCC(=O)N(Cc2ccccc2)C2(C(=O)Nc3ccc4c(c3)OCO4)CCCC2)n1. The molecular weight excluding hydrogens is 488 g/mol. The molecule has 2 amide bonds. The summed E-state index contributed by atoms with van der Waals surface area (Å²) in [4.78, 5) is 38.5. The molecule has 1 fully saturated rings. The fourth-order valence-corrected chi connectivity index (χ4v) is 5.83. The smallest absolute Gasteiger partial charge is 0.250 e. The molecule has 9 heteroatoms. The maximum atomic E-state index is 13.9. The molecule has 2 aromatic carbocycles. The third kappa shape index (κ3) is 5.56. The molecule has 1 aliphatic carbocycles. The number of aryl methyl sites for hydroxylation is 2. The summed E-state index contributed by atoms with van der Waals surface area (Å²) in [6.45, 7) is 4.34. The third-order valence-electron chi connectivity index (χ3n) is 6.77. The van der Waals surface area contributed by atoms with Gasteiger partial charge in [-0.2, -0.15) is 0 Å². The summed E-state index contributed by atoms with van der Waals surface area (Å²) in [6.07, 6.45) is 2.96. The van der Waals surface area contributed by atoms with E-state index in [1.165, 1.54) is 11.8 Å². The summed E-state index contributed by atoms with van der Waals surface area (Å²) in [5, 5.41) is 3.63. The van der Waals surface area contributed by atoms with E-state index in [2.05, 4.69) is 15.3 Å². The van der Waals surface area contributed by atoms with Crippen LogP contribution in [0.4, 0.5) is 5.69 Å². The Labute approximate surface area is 220 Å². The Kier molecular flexibility index (Phi) is 7.32. The fourth-order valence-electron chi connectivity index (χ4n) is 5.01. The fraction of sp³-hybridized carbons (Fsp3) is 0.357. The quantitative estimate of drug-likeness (QED) is 0.335. The number of hydrogen-bond donors (Lipinski definition) is 1. The lowest BCUT2D eigenvalue weighted by Gasteiger charge is -2.40. The molecule has 1 saturated carbocycles. The van der Waals surface area contributed by atoms with Crippen LogP contribution < -0.4 is 14.8 Å². The number of carbonyl (C=O) groups excluding carboxylic acids is 2. The van der Waals surface area contributed by atoms with Gasteiger partial charge in [-0.05, 0) is 50.5 Å². The molecule has 0 saturated heterocycles. The molecule has 2 aliphatic rings. The highest BCUT2D eigenvalue weighted by atomic mass is 32.2. The second-order valence-electron chi connectivity index (χ2n) is 9.45. The zero-order chi connectivity index (χ0) is 25.8. The van der Waals surface area contributed by atoms with Gasteiger partial charge in [-0.1, -0.05) is 54.9 Å². The second kappa shape index (κ2) is 10.8. The number of fused-ring (bicyclic) bond motifs is 1. The predicted molar refractivity (Wildman–Crippen MR) is 142 cm³/mol. The summed E-state index contributed by atoms with van der Waals surface area (Å²) in [6, 6.07) is 17.1. The van der Waals surface area contributed by atoms with Gasteiger partial charge in [0.1, 0.15) is 5.54 Å². The predicted octanol–water partition coefficient (Wildman–Crippen LogP) is 4.89. The lowest BCUT2D eigenvalue weighted by Crippen LogP contribution is -2.57. The van der Waals surface area contributed by atoms with Crippen LogP contribution in [0.25, 0.3) is 0 Å². The topological polar surface area (TPSA) is 93.7 Å². The number of nitrogens with one attached hydrogen (secondary N) is 1. The van der Waals surface area contributed by atoms with Gasteiger partial charge in [0.2, 0.25) is 18.6 Å². The van der Waals surface area contributed by atoms with Crippen molar-refractivity contribution in [3.63, 3.8) is 0 Å². The zero-order valence-corrected chi connectivity index (χ0v) is 21.8. The molecule has 3 aromatic rings. The lowest BCUT2D eigenvalue weighted by molar-refractivity contribution is -0.144. The van der Waals surface area contributed by atoms with Crippen LogP contribution in [0.2, 0.25) is 0 Å². The molecule has 1 aliphatic heterocycles. The van der Waals surface area contributed by atoms with Crippen molar-refractivity contribution in [1.29, 1.82) is 0 Å². The van der Waals surface area contributed by atoms with Crippen molar-refractivity contribution in [2.24, 2.45) is 0 Å². The van der Waals surface area contributed by atoms with Crippen LogP contribution in [0, 0.1) is 13.8 Å². The van der Waals surface area contributed by atoms with Crippen LogP contribution >= 0.6 is 11.8 Å². The number of amides is 2. The summed E-state index contributed by atoms with van der Waals surface area (Å²) in [5.74, 6) is 1.11. The van der Waals surface area contributed by atoms with Gasteiger partial charge in [0.25, 0.3) is 0 Å². The van der Waals surface area contributed by atoms with Crippen LogP contribution in [-0.4, -0.2) is 44.8 Å². The van der Waals surface area contributed by atoms with Gasteiger partial charge in [0, 0.05) is 29.7 Å². The second-order valence-corrected chi connectivity index (χ2v) is 10.4. The van der Waals surface area contributed by atoms with Crippen molar-refractivity contribution in [3.8, 4) is 11.5 Å². The molecule has 0 radical (unpaired) electrons. The highest BCUT2D eigenvalue weighted by Crippen LogP contribution is 2.39. The van der Waals surface area contributed by atoms with Gasteiger partial charge in [-0.25, -0.2) is 9.97 Å². The number of hydrogen-bond acceptors (Lipinski definition) is 7. The maximum absolute atomic E-state index is 13.9. The largest absolute Gasteiger partial charge is 0.454 e. The van der Waals surface area contributed by atoms with E-state index < -0.39 is 5.54 Å². The first-order valence-corrected chi connectivity index (χ1v) is 13.4. The molecule has 2 heterocycles. The molecule has 0 bridgehead atoms. The van der Waals surface area contributed by atoms with E-state index in [0.717, 1.165) is 29.8 Å². The molecule has 0 atom stereocenters. The highest BCUT2D eigenvalue weighted by molar-refractivity contribution is 7.99. The van der Waals surface area contributed by atoms with Crippen LogP contribution in [0.5, 0.6) is 11.5 Å². The molecule has 0 unspecified atom stereocenters. The van der Waals surface area contributed by atoms with Crippen LogP contribution in [0.15, 0.2) is 59.8 Å². The van der Waals surface area contributed by atoms with E-state index in [4.69, 9.17) is 9.47 Å². The Hall–Kier alpha value is -3.59. The minimum absolute atomic E-state index is 0.112. The van der Waals surface area contributed by atoms with Gasteiger partial charge >= 0.3 is 0 Å². The van der Waals surface area contributed by atoms with Crippen molar-refractivity contribution in [2.75, 3.05) is 17.9 Å². The Bertz CT molecular complexity index is 1270. The number of benzene rings is 2. The first-order chi connectivity index (χ1) is 17.9. The molecule has 37 heavy (non-hydrogen) atoms. The summed E-state index contributed by atoms with van der Waals surface area (Å²) >= 11 is 1.31. The van der Waals surface area contributed by atoms with E-state index in [0.29, 0.717) is 41.7 Å². The van der Waals surface area contributed by atoms with Crippen molar-refractivity contribution in [3.05, 3.63) is 71.5 Å². The summed E-state index contributed by atoms with van der Waals surface area (Å²) in [7, 11) is 0. The van der Waals surface area contributed by atoms with Crippen LogP contribution in [0.3, 0.4) is 0 Å². The van der Waals surface area contributed by atoms with Gasteiger partial charge in [0.05, 0.1) is 5.75 Å². The zero-order valence-electron chi connectivity index (χ0n) is 21.0. The van der Waals surface area contributed by atoms with Gasteiger partial charge in [0.15, 0.2) is 16.7 Å². The molecule has 8 nitrogen and oxygen atoms in total. The van der Waals surface area contributed by atoms with Crippen molar-refractivity contribution < 1.29 is 19.1 Å².